The third-order valence-corrected chi connectivity index (χ3v) is 3.27. The van der Waals surface area contributed by atoms with E-state index < -0.39 is 0 Å². The van der Waals surface area contributed by atoms with Gasteiger partial charge in [-0.15, -0.1) is 0 Å². The third kappa shape index (κ3) is 2.31. The molecule has 0 aromatic carbocycles. The van der Waals surface area contributed by atoms with Crippen LogP contribution in [0.15, 0.2) is 10.8 Å². The fourth-order valence-electron chi connectivity index (χ4n) is 1.03. The highest BCUT2D eigenvalue weighted by molar-refractivity contribution is 9.10. The smallest absolute Gasteiger partial charge is 0.148 e. The summed E-state index contributed by atoms with van der Waals surface area (Å²) in [5.74, 6) is 1.60. The maximum Gasteiger partial charge on any atom is 0.148 e. The lowest BCUT2D eigenvalue weighted by Crippen LogP contribution is -2.05. The van der Waals surface area contributed by atoms with E-state index in [-0.39, 0.29) is 0 Å². The highest BCUT2D eigenvalue weighted by Gasteiger charge is 2.21. The van der Waals surface area contributed by atoms with Crippen molar-refractivity contribution in [3.05, 3.63) is 16.0 Å². The molecule has 0 saturated heterocycles. The minimum atomic E-state index is 0.452. The predicted octanol–water partition coefficient (Wildman–Crippen LogP) is 2.71. The first-order chi connectivity index (χ1) is 6.27. The van der Waals surface area contributed by atoms with Crippen molar-refractivity contribution in [1.29, 1.82) is 0 Å². The summed E-state index contributed by atoms with van der Waals surface area (Å²) in [4.78, 5) is 7.93. The van der Waals surface area contributed by atoms with Crippen molar-refractivity contribution in [3.8, 4) is 0 Å². The maximum absolute atomic E-state index is 5.81. The van der Waals surface area contributed by atoms with E-state index in [2.05, 4.69) is 31.2 Å². The first kappa shape index (κ1) is 9.21. The molecule has 0 radical (unpaired) electrons. The van der Waals surface area contributed by atoms with Crippen LogP contribution in [0.2, 0.25) is 5.15 Å². The Morgan fingerprint density at radius 1 is 1.54 bits per heavy atom. The van der Waals surface area contributed by atoms with Crippen LogP contribution in [0.4, 0.5) is 5.82 Å². The highest BCUT2D eigenvalue weighted by Crippen LogP contribution is 2.31. The Morgan fingerprint density at radius 2 is 2.31 bits per heavy atom. The van der Waals surface area contributed by atoms with Crippen LogP contribution in [0.25, 0.3) is 0 Å². The van der Waals surface area contributed by atoms with Crippen LogP contribution in [-0.4, -0.2) is 16.5 Å². The molecule has 0 unspecified atom stereocenters. The Bertz CT molecular complexity index is 314. The molecule has 1 aliphatic rings. The maximum atomic E-state index is 5.81. The number of aromatic nitrogens is 2. The van der Waals surface area contributed by atoms with Crippen LogP contribution in [0.1, 0.15) is 12.8 Å². The Labute approximate surface area is 90.0 Å². The Balaban J connectivity index is 2.05. The molecular formula is C8H9BrClN3. The second-order valence-electron chi connectivity index (χ2n) is 3.15. The van der Waals surface area contributed by atoms with Crippen LogP contribution in [0.5, 0.6) is 0 Å². The first-order valence-electron chi connectivity index (χ1n) is 4.17. The molecule has 1 N–H and O–H groups in total. The molecule has 0 amide bonds. The summed E-state index contributed by atoms with van der Waals surface area (Å²) in [6.45, 7) is 0.978. The van der Waals surface area contributed by atoms with Gasteiger partial charge >= 0.3 is 0 Å². The van der Waals surface area contributed by atoms with Gasteiger partial charge in [-0.05, 0) is 34.7 Å². The van der Waals surface area contributed by atoms with E-state index >= 15 is 0 Å². The Kier molecular flexibility index (Phi) is 2.69. The average Bonchev–Trinajstić information content (AvgIpc) is 2.91. The summed E-state index contributed by atoms with van der Waals surface area (Å²) in [6.07, 6.45) is 4.11. The van der Waals surface area contributed by atoms with E-state index in [1.165, 1.54) is 19.2 Å². The largest absolute Gasteiger partial charge is 0.369 e. The van der Waals surface area contributed by atoms with E-state index in [9.17, 15) is 0 Å². The molecule has 3 nitrogen and oxygen atoms in total. The standard InChI is InChI=1S/C8H9BrClN3/c9-6-7(10)12-4-13-8(6)11-3-5-1-2-5/h4-5H,1-3H2,(H,11,12,13). The second-order valence-corrected chi connectivity index (χ2v) is 4.30. The highest BCUT2D eigenvalue weighted by atomic mass is 79.9. The van der Waals surface area contributed by atoms with Gasteiger partial charge in [0.05, 0.1) is 4.47 Å². The van der Waals surface area contributed by atoms with Gasteiger partial charge in [0.1, 0.15) is 17.3 Å². The molecule has 0 spiro atoms. The Hall–Kier alpha value is -0.350. The lowest BCUT2D eigenvalue weighted by Gasteiger charge is -2.06. The summed E-state index contributed by atoms with van der Waals surface area (Å²) in [7, 11) is 0. The number of halogens is 2. The molecule has 0 atom stereocenters. The zero-order valence-electron chi connectivity index (χ0n) is 6.93. The zero-order chi connectivity index (χ0) is 9.26. The SMILES string of the molecule is Clc1ncnc(NCC2CC2)c1Br. The van der Waals surface area contributed by atoms with Crippen LogP contribution < -0.4 is 5.32 Å². The minimum absolute atomic E-state index is 0.452. The van der Waals surface area contributed by atoms with Crippen LogP contribution in [-0.2, 0) is 0 Å². The average molecular weight is 263 g/mol. The molecule has 1 fully saturated rings. The number of hydrogen-bond donors (Lipinski definition) is 1. The molecule has 0 aliphatic heterocycles. The van der Waals surface area contributed by atoms with E-state index in [4.69, 9.17) is 11.6 Å². The van der Waals surface area contributed by atoms with Crippen molar-refractivity contribution in [3.63, 3.8) is 0 Å². The molecular weight excluding hydrogens is 253 g/mol. The van der Waals surface area contributed by atoms with Gasteiger partial charge in [0.15, 0.2) is 0 Å². The van der Waals surface area contributed by atoms with E-state index in [0.29, 0.717) is 5.15 Å². The summed E-state index contributed by atoms with van der Waals surface area (Å²) in [6, 6.07) is 0. The molecule has 13 heavy (non-hydrogen) atoms. The molecule has 1 aliphatic carbocycles. The topological polar surface area (TPSA) is 37.8 Å². The summed E-state index contributed by atoms with van der Waals surface area (Å²) in [5.41, 5.74) is 0. The van der Waals surface area contributed by atoms with Gasteiger partial charge in [0.25, 0.3) is 0 Å². The van der Waals surface area contributed by atoms with Crippen LogP contribution in [0.3, 0.4) is 0 Å². The molecule has 1 heterocycles. The first-order valence-corrected chi connectivity index (χ1v) is 5.34. The lowest BCUT2D eigenvalue weighted by atomic mass is 10.4. The molecule has 5 heteroatoms. The number of hydrogen-bond acceptors (Lipinski definition) is 3. The molecule has 1 aromatic rings. The summed E-state index contributed by atoms with van der Waals surface area (Å²) in [5, 5.41) is 3.69. The second kappa shape index (κ2) is 3.80. The van der Waals surface area contributed by atoms with E-state index in [0.717, 1.165) is 22.8 Å². The Morgan fingerprint density at radius 3 is 3.00 bits per heavy atom. The van der Waals surface area contributed by atoms with Crippen molar-refractivity contribution in [2.24, 2.45) is 5.92 Å². The van der Waals surface area contributed by atoms with Gasteiger partial charge in [0, 0.05) is 6.54 Å². The fraction of sp³-hybridized carbons (Fsp3) is 0.500. The number of anilines is 1. The van der Waals surface area contributed by atoms with Crippen LogP contribution >= 0.6 is 27.5 Å². The quantitative estimate of drug-likeness (QED) is 0.851. The molecule has 1 saturated carbocycles. The molecule has 0 bridgehead atoms. The van der Waals surface area contributed by atoms with Gasteiger partial charge in [-0.1, -0.05) is 11.6 Å². The zero-order valence-corrected chi connectivity index (χ0v) is 9.27. The van der Waals surface area contributed by atoms with E-state index in [1.54, 1.807) is 0 Å². The minimum Gasteiger partial charge on any atom is -0.369 e. The van der Waals surface area contributed by atoms with Crippen molar-refractivity contribution in [2.45, 2.75) is 12.8 Å². The summed E-state index contributed by atoms with van der Waals surface area (Å²) >= 11 is 9.14. The van der Waals surface area contributed by atoms with Crippen molar-refractivity contribution in [2.75, 3.05) is 11.9 Å². The van der Waals surface area contributed by atoms with E-state index in [1.807, 2.05) is 0 Å². The third-order valence-electron chi connectivity index (χ3n) is 2.00. The molecule has 1 aromatic heterocycles. The normalized spacial score (nSPS) is 15.8. The monoisotopic (exact) mass is 261 g/mol. The van der Waals surface area contributed by atoms with Gasteiger partial charge in [-0.25, -0.2) is 9.97 Å². The number of rotatable bonds is 3. The van der Waals surface area contributed by atoms with Gasteiger partial charge in [-0.2, -0.15) is 0 Å². The fourth-order valence-corrected chi connectivity index (χ4v) is 1.51. The van der Waals surface area contributed by atoms with Crippen LogP contribution in [0, 0.1) is 5.92 Å². The van der Waals surface area contributed by atoms with Gasteiger partial charge in [0.2, 0.25) is 0 Å². The number of nitrogens with zero attached hydrogens (tertiary/aromatic N) is 2. The molecule has 2 rings (SSSR count). The van der Waals surface area contributed by atoms with Gasteiger partial charge in [-0.3, -0.25) is 0 Å². The predicted molar refractivity (Wildman–Crippen MR) is 56.0 cm³/mol. The van der Waals surface area contributed by atoms with Crippen molar-refractivity contribution >= 4 is 33.3 Å². The lowest BCUT2D eigenvalue weighted by molar-refractivity contribution is 0.879. The van der Waals surface area contributed by atoms with Crippen molar-refractivity contribution in [1.82, 2.24) is 9.97 Å². The summed E-state index contributed by atoms with van der Waals surface area (Å²) < 4.78 is 0.748. The van der Waals surface area contributed by atoms with Crippen molar-refractivity contribution < 1.29 is 0 Å². The number of nitrogens with one attached hydrogen (secondary N) is 1. The molecule has 70 valence electrons. The van der Waals surface area contributed by atoms with Gasteiger partial charge < -0.3 is 5.32 Å².